The normalized spacial score (nSPS) is 15.4. The molecule has 41 heavy (non-hydrogen) atoms. The van der Waals surface area contributed by atoms with Gasteiger partial charge in [-0.1, -0.05) is 0 Å². The van der Waals surface area contributed by atoms with Gasteiger partial charge in [-0.15, -0.1) is 0 Å². The second-order valence-corrected chi connectivity index (χ2v) is 9.61. The maximum absolute atomic E-state index is 13.3. The number of aromatic hydroxyl groups is 1. The van der Waals surface area contributed by atoms with E-state index in [0.717, 1.165) is 37.1 Å². The fourth-order valence-electron chi connectivity index (χ4n) is 4.38. The highest BCUT2D eigenvalue weighted by molar-refractivity contribution is 5.98. The monoisotopic (exact) mass is 569 g/mol. The number of phenols is 1. The van der Waals surface area contributed by atoms with Gasteiger partial charge in [-0.05, 0) is 80.9 Å². The molecule has 10 nitrogen and oxygen atoms in total. The second-order valence-electron chi connectivity index (χ2n) is 9.61. The van der Waals surface area contributed by atoms with Gasteiger partial charge in [0.15, 0.2) is 0 Å². The van der Waals surface area contributed by atoms with E-state index in [4.69, 9.17) is 15.3 Å². The first kappa shape index (κ1) is 33.0. The van der Waals surface area contributed by atoms with Crippen molar-refractivity contribution in [1.29, 1.82) is 0 Å². The summed E-state index contributed by atoms with van der Waals surface area (Å²) in [7, 11) is 3.06. The van der Waals surface area contributed by atoms with Crippen LogP contribution in [0.15, 0.2) is 53.2 Å². The number of likely N-dealkylation sites (tertiary alicyclic amines) is 1. The summed E-state index contributed by atoms with van der Waals surface area (Å²) in [6.07, 6.45) is 8.34. The molecule has 1 unspecified atom stereocenters. The molecule has 2 aliphatic heterocycles. The number of fused-ring (bicyclic) bond motifs is 1. The molecule has 1 fully saturated rings. The van der Waals surface area contributed by atoms with Crippen LogP contribution >= 0.6 is 0 Å². The highest BCUT2D eigenvalue weighted by Crippen LogP contribution is 2.28. The van der Waals surface area contributed by atoms with Gasteiger partial charge in [0.1, 0.15) is 23.6 Å². The fourth-order valence-corrected chi connectivity index (χ4v) is 4.38. The van der Waals surface area contributed by atoms with E-state index in [9.17, 15) is 19.1 Å². The lowest BCUT2D eigenvalue weighted by Crippen LogP contribution is -2.33. The number of carbonyl (C=O) groups is 3. The van der Waals surface area contributed by atoms with Gasteiger partial charge in [0, 0.05) is 56.5 Å². The van der Waals surface area contributed by atoms with Crippen LogP contribution in [0.1, 0.15) is 48.5 Å². The third-order valence-corrected chi connectivity index (χ3v) is 6.56. The highest BCUT2D eigenvalue weighted by atomic mass is 19.1. The number of phenolic OH excluding ortho intramolecular Hbond substituents is 1. The number of nitrogens with two attached hydrogens (primary N) is 1. The van der Waals surface area contributed by atoms with Gasteiger partial charge in [0.05, 0.1) is 12.8 Å². The predicted molar refractivity (Wildman–Crippen MR) is 157 cm³/mol. The Morgan fingerprint density at radius 3 is 2.54 bits per heavy atom. The summed E-state index contributed by atoms with van der Waals surface area (Å²) >= 11 is 0. The molecule has 0 radical (unpaired) electrons. The Morgan fingerprint density at radius 1 is 1.22 bits per heavy atom. The van der Waals surface area contributed by atoms with Crippen LogP contribution in [0.25, 0.3) is 0 Å². The summed E-state index contributed by atoms with van der Waals surface area (Å²) in [6.45, 7) is 5.43. The first-order valence-corrected chi connectivity index (χ1v) is 13.4. The molecule has 0 saturated carbocycles. The molecule has 2 aliphatic rings. The highest BCUT2D eigenvalue weighted by Gasteiger charge is 2.30. The summed E-state index contributed by atoms with van der Waals surface area (Å²) in [5, 5.41) is 11.6. The van der Waals surface area contributed by atoms with E-state index in [0.29, 0.717) is 42.8 Å². The summed E-state index contributed by atoms with van der Waals surface area (Å²) in [5.74, 6) is 0.252. The number of hydrogen-bond donors (Lipinski definition) is 3. The van der Waals surface area contributed by atoms with Gasteiger partial charge < -0.3 is 30.6 Å². The lowest BCUT2D eigenvalue weighted by Gasteiger charge is -2.23. The number of nitrogens with zero attached hydrogens (tertiary/aromatic N) is 3. The van der Waals surface area contributed by atoms with E-state index >= 15 is 0 Å². The number of hydrogen-bond acceptors (Lipinski definition) is 8. The second kappa shape index (κ2) is 17.4. The molecule has 0 aliphatic carbocycles. The van der Waals surface area contributed by atoms with Crippen molar-refractivity contribution in [2.45, 2.75) is 45.2 Å². The van der Waals surface area contributed by atoms with Crippen molar-refractivity contribution in [2.75, 3.05) is 33.8 Å². The van der Waals surface area contributed by atoms with Crippen LogP contribution in [0.4, 0.5) is 10.1 Å². The van der Waals surface area contributed by atoms with Crippen molar-refractivity contribution < 1.29 is 28.6 Å². The Balaban J connectivity index is 0.000000256. The van der Waals surface area contributed by atoms with E-state index in [2.05, 4.69) is 15.2 Å². The standard InChI is InChI=1S/C15H20FN3O.C13H15NO3.C2H5NO/c1-20-15-7-13(16)6-14(8-15)18-10-12(9-17)11-19-4-2-3-5-19;1-9(3-2-6-15)14-8-10-7-11(16)4-5-12(10)13(14)17;1-3-2-4/h6-10H,2-5,11,17H2,1H3;4-7,9,16H,2-3,8H2,1H3;2H,1H3,(H,3,4)/b12-9+,18-10?;;. The van der Waals surface area contributed by atoms with Gasteiger partial charge in [0.25, 0.3) is 5.91 Å². The number of ether oxygens (including phenoxy) is 1. The molecule has 2 amide bonds. The van der Waals surface area contributed by atoms with E-state index in [-0.39, 0.29) is 23.5 Å². The van der Waals surface area contributed by atoms with Crippen molar-refractivity contribution in [3.8, 4) is 11.5 Å². The van der Waals surface area contributed by atoms with Crippen LogP contribution in [-0.4, -0.2) is 79.6 Å². The van der Waals surface area contributed by atoms with Crippen LogP contribution in [0.2, 0.25) is 0 Å². The summed E-state index contributed by atoms with van der Waals surface area (Å²) in [6, 6.07) is 9.22. The molecule has 4 rings (SSSR count). The molecular formula is C30H40FN5O5. The third kappa shape index (κ3) is 10.7. The lowest BCUT2D eigenvalue weighted by atomic mass is 10.1. The van der Waals surface area contributed by atoms with Crippen molar-refractivity contribution in [1.82, 2.24) is 15.1 Å². The van der Waals surface area contributed by atoms with Gasteiger partial charge in [0.2, 0.25) is 6.41 Å². The molecule has 2 aromatic carbocycles. The van der Waals surface area contributed by atoms with Crippen LogP contribution in [-0.2, 0) is 16.1 Å². The van der Waals surface area contributed by atoms with Crippen molar-refractivity contribution in [2.24, 2.45) is 10.7 Å². The zero-order valence-corrected chi connectivity index (χ0v) is 23.9. The molecule has 0 spiro atoms. The van der Waals surface area contributed by atoms with Crippen molar-refractivity contribution >= 4 is 30.5 Å². The Morgan fingerprint density at radius 2 is 1.93 bits per heavy atom. The van der Waals surface area contributed by atoms with Crippen LogP contribution in [0.3, 0.4) is 0 Å². The molecule has 1 saturated heterocycles. The van der Waals surface area contributed by atoms with Crippen LogP contribution in [0.5, 0.6) is 11.5 Å². The summed E-state index contributed by atoms with van der Waals surface area (Å²) < 4.78 is 18.4. The SMILES string of the molecule is CC(CCC=O)N1Cc2cc(O)ccc2C1=O.CNC=O.COc1cc(F)cc(N=C/C(=C\N)CN2CCCC2)c1. The Kier molecular flexibility index (Phi) is 14.0. The molecule has 222 valence electrons. The Hall–Kier alpha value is -4.25. The van der Waals surface area contributed by atoms with Gasteiger partial charge in [-0.25, -0.2) is 4.39 Å². The molecule has 1 atom stereocenters. The number of rotatable bonds is 10. The third-order valence-electron chi connectivity index (χ3n) is 6.56. The number of carbonyl (C=O) groups excluding carboxylic acids is 3. The van der Waals surface area contributed by atoms with Gasteiger partial charge in [-0.2, -0.15) is 0 Å². The largest absolute Gasteiger partial charge is 0.508 e. The topological polar surface area (TPSA) is 138 Å². The van der Waals surface area contributed by atoms with E-state index < -0.39 is 0 Å². The minimum Gasteiger partial charge on any atom is -0.508 e. The van der Waals surface area contributed by atoms with E-state index in [1.807, 2.05) is 6.92 Å². The molecule has 0 aromatic heterocycles. The first-order chi connectivity index (χ1) is 19.8. The number of nitrogens with one attached hydrogen (secondary N) is 1. The Bertz CT molecular complexity index is 1210. The number of benzene rings is 2. The van der Waals surface area contributed by atoms with Crippen LogP contribution in [0, 0.1) is 5.82 Å². The zero-order valence-electron chi connectivity index (χ0n) is 23.9. The van der Waals surface area contributed by atoms with Crippen LogP contribution < -0.4 is 15.8 Å². The summed E-state index contributed by atoms with van der Waals surface area (Å²) in [5.41, 5.74) is 8.57. The fraction of sp³-hybridized carbons (Fsp3) is 0.400. The smallest absolute Gasteiger partial charge is 0.254 e. The molecule has 11 heteroatoms. The van der Waals surface area contributed by atoms with Gasteiger partial charge >= 0.3 is 0 Å². The number of aldehydes is 1. The van der Waals surface area contributed by atoms with Gasteiger partial charge in [-0.3, -0.25) is 19.5 Å². The van der Waals surface area contributed by atoms with Crippen molar-refractivity contribution in [3.05, 3.63) is 65.1 Å². The van der Waals surface area contributed by atoms with E-state index in [1.54, 1.807) is 42.6 Å². The lowest BCUT2D eigenvalue weighted by molar-refractivity contribution is -0.109. The average molecular weight is 570 g/mol. The molecule has 4 N–H and O–H groups in total. The zero-order chi connectivity index (χ0) is 30.2. The Labute approximate surface area is 240 Å². The maximum Gasteiger partial charge on any atom is 0.254 e. The average Bonchev–Trinajstić information content (AvgIpc) is 3.61. The number of aliphatic imine (C=N–C) groups is 1. The predicted octanol–water partition coefficient (Wildman–Crippen LogP) is 3.55. The molecule has 2 heterocycles. The molecule has 2 aromatic rings. The maximum atomic E-state index is 13.3. The number of halogens is 1. The minimum atomic E-state index is -0.366. The number of methoxy groups -OCH3 is 1. The summed E-state index contributed by atoms with van der Waals surface area (Å²) in [4.78, 5) is 39.8. The minimum absolute atomic E-state index is 0.0154. The molecular weight excluding hydrogens is 529 g/mol. The number of amides is 2. The van der Waals surface area contributed by atoms with Crippen molar-refractivity contribution in [3.63, 3.8) is 0 Å². The first-order valence-electron chi connectivity index (χ1n) is 13.4. The molecule has 0 bridgehead atoms. The van der Waals surface area contributed by atoms with E-state index in [1.165, 1.54) is 38.2 Å². The quantitative estimate of drug-likeness (QED) is 0.294.